The Bertz CT molecular complexity index is 836. The van der Waals surface area contributed by atoms with E-state index in [0.717, 1.165) is 56.9 Å². The molecular formula is C23H29N3OS. The van der Waals surface area contributed by atoms with Gasteiger partial charge in [0.2, 0.25) is 0 Å². The molecule has 0 amide bonds. The van der Waals surface area contributed by atoms with Gasteiger partial charge in [0.15, 0.2) is 5.13 Å². The second-order valence-electron chi connectivity index (χ2n) is 7.96. The van der Waals surface area contributed by atoms with Gasteiger partial charge in [0.05, 0.1) is 0 Å². The van der Waals surface area contributed by atoms with Gasteiger partial charge in [0.1, 0.15) is 0 Å². The van der Waals surface area contributed by atoms with E-state index in [9.17, 15) is 5.11 Å². The van der Waals surface area contributed by atoms with E-state index >= 15 is 0 Å². The molecule has 0 aliphatic carbocycles. The first-order chi connectivity index (χ1) is 13.8. The Hall–Kier alpha value is -1.95. The fourth-order valence-corrected chi connectivity index (χ4v) is 4.94. The van der Waals surface area contributed by atoms with E-state index in [1.54, 1.807) is 11.3 Å². The van der Waals surface area contributed by atoms with Crippen LogP contribution in [-0.2, 0) is 13.0 Å². The topological polar surface area (TPSA) is 41.3 Å². The van der Waals surface area contributed by atoms with E-state index in [-0.39, 0.29) is 5.41 Å². The van der Waals surface area contributed by atoms with Gasteiger partial charge >= 0.3 is 0 Å². The molecule has 2 aromatic heterocycles. The molecule has 28 heavy (non-hydrogen) atoms. The van der Waals surface area contributed by atoms with Crippen molar-refractivity contribution in [2.45, 2.75) is 38.6 Å². The van der Waals surface area contributed by atoms with E-state index in [0.29, 0.717) is 6.61 Å². The third kappa shape index (κ3) is 4.54. The maximum Gasteiger partial charge on any atom is 0.193 e. The number of rotatable bonds is 8. The summed E-state index contributed by atoms with van der Waals surface area (Å²) < 4.78 is 2.19. The first kappa shape index (κ1) is 19.4. The molecule has 4 nitrogen and oxygen atoms in total. The Morgan fingerprint density at radius 3 is 2.61 bits per heavy atom. The second-order valence-corrected chi connectivity index (χ2v) is 8.83. The molecular weight excluding hydrogens is 366 g/mol. The average Bonchev–Trinajstić information content (AvgIpc) is 3.42. The summed E-state index contributed by atoms with van der Waals surface area (Å²) in [7, 11) is 0. The van der Waals surface area contributed by atoms with Crippen molar-refractivity contribution in [2.75, 3.05) is 19.7 Å². The van der Waals surface area contributed by atoms with Gasteiger partial charge in [-0.3, -0.25) is 9.47 Å². The normalized spacial score (nSPS) is 17.0. The Morgan fingerprint density at radius 2 is 1.89 bits per heavy atom. The Balaban J connectivity index is 1.30. The molecule has 0 spiro atoms. The zero-order chi connectivity index (χ0) is 19.2. The number of aliphatic hydroxyl groups excluding tert-OH is 1. The van der Waals surface area contributed by atoms with Crippen molar-refractivity contribution in [2.24, 2.45) is 5.41 Å². The van der Waals surface area contributed by atoms with E-state index in [1.165, 1.54) is 11.3 Å². The Kier molecular flexibility index (Phi) is 6.25. The molecule has 0 radical (unpaired) electrons. The summed E-state index contributed by atoms with van der Waals surface area (Å²) in [4.78, 5) is 6.96. The monoisotopic (exact) mass is 395 g/mol. The molecule has 3 aromatic rings. The van der Waals surface area contributed by atoms with E-state index in [2.05, 4.69) is 63.1 Å². The van der Waals surface area contributed by atoms with Gasteiger partial charge in [-0.05, 0) is 68.3 Å². The molecule has 0 atom stereocenters. The van der Waals surface area contributed by atoms with Crippen LogP contribution in [0.2, 0.25) is 0 Å². The number of nitrogens with zero attached hydrogens (tertiary/aromatic N) is 3. The summed E-state index contributed by atoms with van der Waals surface area (Å²) in [6.07, 6.45) is 9.48. The molecule has 1 aliphatic heterocycles. The largest absolute Gasteiger partial charge is 0.396 e. The molecule has 1 aromatic carbocycles. The van der Waals surface area contributed by atoms with Gasteiger partial charge in [-0.25, -0.2) is 4.98 Å². The fraction of sp³-hybridized carbons (Fsp3) is 0.435. The van der Waals surface area contributed by atoms with E-state index < -0.39 is 0 Å². The summed E-state index contributed by atoms with van der Waals surface area (Å²) in [5.74, 6) is 0. The molecule has 0 saturated carbocycles. The highest BCUT2D eigenvalue weighted by Gasteiger charge is 2.33. The zero-order valence-electron chi connectivity index (χ0n) is 16.3. The maximum atomic E-state index is 10.1. The minimum atomic E-state index is 0.0998. The van der Waals surface area contributed by atoms with Crippen molar-refractivity contribution in [3.8, 4) is 5.13 Å². The van der Waals surface area contributed by atoms with Crippen molar-refractivity contribution in [1.29, 1.82) is 0 Å². The summed E-state index contributed by atoms with van der Waals surface area (Å²) in [6, 6.07) is 15.0. The van der Waals surface area contributed by atoms with Crippen molar-refractivity contribution >= 4 is 11.3 Å². The van der Waals surface area contributed by atoms with Crippen LogP contribution in [0.15, 0.2) is 60.2 Å². The van der Waals surface area contributed by atoms with Crippen LogP contribution in [-0.4, -0.2) is 39.3 Å². The Labute approximate surface area is 171 Å². The highest BCUT2D eigenvalue weighted by Crippen LogP contribution is 2.36. The molecule has 0 unspecified atom stereocenters. The van der Waals surface area contributed by atoms with Crippen molar-refractivity contribution in [1.82, 2.24) is 14.5 Å². The number of likely N-dealkylation sites (tertiary alicyclic amines) is 1. The first-order valence-electron chi connectivity index (χ1n) is 10.2. The summed E-state index contributed by atoms with van der Waals surface area (Å²) in [6.45, 7) is 3.35. The minimum Gasteiger partial charge on any atom is -0.396 e. The molecule has 1 aliphatic rings. The third-order valence-electron chi connectivity index (χ3n) is 6.11. The molecule has 3 heterocycles. The predicted molar refractivity (Wildman–Crippen MR) is 115 cm³/mol. The number of hydrogen-bond donors (Lipinski definition) is 1. The average molecular weight is 396 g/mol. The number of aliphatic hydroxyl groups is 1. The standard InChI is InChI=1S/C23H29N3OS/c27-19-23(10-4-8-20-6-2-1-3-7-20)11-15-25(16-12-23)18-21-9-5-14-26(21)22-24-13-17-28-22/h1-3,5-7,9,13-14,17,27H,4,8,10-12,15-16,18-19H2. The Morgan fingerprint density at radius 1 is 1.07 bits per heavy atom. The highest BCUT2D eigenvalue weighted by molar-refractivity contribution is 7.12. The molecule has 1 saturated heterocycles. The van der Waals surface area contributed by atoms with Gasteiger partial charge in [-0.15, -0.1) is 11.3 Å². The van der Waals surface area contributed by atoms with Crippen molar-refractivity contribution < 1.29 is 5.11 Å². The second kappa shape index (κ2) is 9.03. The van der Waals surface area contributed by atoms with Crippen LogP contribution in [0, 0.1) is 5.41 Å². The molecule has 5 heteroatoms. The van der Waals surface area contributed by atoms with Gasteiger partial charge in [0.25, 0.3) is 0 Å². The van der Waals surface area contributed by atoms with Crippen LogP contribution in [0.4, 0.5) is 0 Å². The van der Waals surface area contributed by atoms with Crippen LogP contribution in [0.5, 0.6) is 0 Å². The number of aryl methyl sites for hydroxylation is 1. The van der Waals surface area contributed by atoms with Gasteiger partial charge < -0.3 is 5.11 Å². The number of benzene rings is 1. The molecule has 4 rings (SSSR count). The third-order valence-corrected chi connectivity index (χ3v) is 6.88. The lowest BCUT2D eigenvalue weighted by atomic mass is 9.75. The molecule has 0 bridgehead atoms. The van der Waals surface area contributed by atoms with Gasteiger partial charge in [-0.2, -0.15) is 0 Å². The zero-order valence-corrected chi connectivity index (χ0v) is 17.2. The predicted octanol–water partition coefficient (Wildman–Crippen LogP) is 4.53. The van der Waals surface area contributed by atoms with Gasteiger partial charge in [0, 0.05) is 36.6 Å². The lowest BCUT2D eigenvalue weighted by Gasteiger charge is -2.41. The van der Waals surface area contributed by atoms with Crippen LogP contribution in [0.3, 0.4) is 0 Å². The molecule has 148 valence electrons. The van der Waals surface area contributed by atoms with Crippen molar-refractivity contribution in [3.63, 3.8) is 0 Å². The number of thiazole rings is 1. The highest BCUT2D eigenvalue weighted by atomic mass is 32.1. The van der Waals surface area contributed by atoms with Crippen LogP contribution >= 0.6 is 11.3 Å². The maximum absolute atomic E-state index is 10.1. The minimum absolute atomic E-state index is 0.0998. The lowest BCUT2D eigenvalue weighted by molar-refractivity contribution is 0.0324. The number of piperidine rings is 1. The summed E-state index contributed by atoms with van der Waals surface area (Å²) in [5, 5.41) is 13.2. The lowest BCUT2D eigenvalue weighted by Crippen LogP contribution is -2.42. The molecule has 1 fully saturated rings. The smallest absolute Gasteiger partial charge is 0.193 e. The fourth-order valence-electron chi connectivity index (χ4n) is 4.28. The number of hydrogen-bond acceptors (Lipinski definition) is 4. The van der Waals surface area contributed by atoms with E-state index in [4.69, 9.17) is 0 Å². The van der Waals surface area contributed by atoms with Crippen LogP contribution in [0.1, 0.15) is 36.9 Å². The van der Waals surface area contributed by atoms with E-state index in [1.807, 2.05) is 11.6 Å². The van der Waals surface area contributed by atoms with Crippen LogP contribution in [0.25, 0.3) is 5.13 Å². The number of aromatic nitrogens is 2. The quantitative estimate of drug-likeness (QED) is 0.609. The summed E-state index contributed by atoms with van der Waals surface area (Å²) >= 11 is 1.67. The molecule has 1 N–H and O–H groups in total. The van der Waals surface area contributed by atoms with Crippen molar-refractivity contribution in [3.05, 3.63) is 71.5 Å². The first-order valence-corrected chi connectivity index (χ1v) is 11.1. The summed E-state index contributed by atoms with van der Waals surface area (Å²) in [5.41, 5.74) is 2.79. The van der Waals surface area contributed by atoms with Gasteiger partial charge in [-0.1, -0.05) is 30.3 Å². The SMILES string of the molecule is OCC1(CCCc2ccccc2)CCN(Cc2cccn2-c2nccs2)CC1. The van der Waals surface area contributed by atoms with Crippen LogP contribution < -0.4 is 0 Å².